The van der Waals surface area contributed by atoms with Gasteiger partial charge in [-0.25, -0.2) is 9.18 Å². The zero-order valence-corrected chi connectivity index (χ0v) is 11.7. The SMILES string of the molecule is C#CCOc1cc(NC(=O)N2CCCC2=O)c(F)cc1Cl. The molecule has 0 radical (unpaired) electrons. The number of urea groups is 1. The van der Waals surface area contributed by atoms with Gasteiger partial charge >= 0.3 is 6.03 Å². The van der Waals surface area contributed by atoms with Gasteiger partial charge in [0.15, 0.2) is 0 Å². The van der Waals surface area contributed by atoms with E-state index >= 15 is 0 Å². The Kier molecular flexibility index (Phi) is 4.66. The summed E-state index contributed by atoms with van der Waals surface area (Å²) in [6, 6.07) is 1.56. The molecule has 0 aromatic heterocycles. The Balaban J connectivity index is 2.17. The van der Waals surface area contributed by atoms with E-state index < -0.39 is 11.8 Å². The van der Waals surface area contributed by atoms with Crippen LogP contribution in [0.3, 0.4) is 0 Å². The van der Waals surface area contributed by atoms with Crippen molar-refractivity contribution in [3.8, 4) is 18.1 Å². The molecule has 3 amide bonds. The number of ether oxygens (including phenoxy) is 1. The number of carbonyl (C=O) groups excluding carboxylic acids is 2. The van der Waals surface area contributed by atoms with E-state index in [1.54, 1.807) is 0 Å². The predicted molar refractivity (Wildman–Crippen MR) is 75.7 cm³/mol. The zero-order valence-electron chi connectivity index (χ0n) is 11.0. The molecular formula is C14H12ClFN2O3. The first-order valence-corrected chi connectivity index (χ1v) is 6.57. The number of hydrogen-bond acceptors (Lipinski definition) is 3. The van der Waals surface area contributed by atoms with Gasteiger partial charge in [-0.05, 0) is 12.5 Å². The van der Waals surface area contributed by atoms with Crippen LogP contribution in [0.25, 0.3) is 0 Å². The number of halogens is 2. The fraction of sp³-hybridized carbons (Fsp3) is 0.286. The van der Waals surface area contributed by atoms with E-state index in [1.807, 2.05) is 0 Å². The number of carbonyl (C=O) groups is 2. The summed E-state index contributed by atoms with van der Waals surface area (Å²) in [4.78, 5) is 24.4. The van der Waals surface area contributed by atoms with Crippen molar-refractivity contribution in [1.29, 1.82) is 0 Å². The highest BCUT2D eigenvalue weighted by atomic mass is 35.5. The lowest BCUT2D eigenvalue weighted by atomic mass is 10.3. The molecule has 0 unspecified atom stereocenters. The maximum atomic E-state index is 13.8. The van der Waals surface area contributed by atoms with Gasteiger partial charge in [-0.3, -0.25) is 9.69 Å². The van der Waals surface area contributed by atoms with Gasteiger partial charge in [0.05, 0.1) is 10.7 Å². The van der Waals surface area contributed by atoms with E-state index in [0.29, 0.717) is 19.4 Å². The molecule has 0 atom stereocenters. The molecule has 0 bridgehead atoms. The fourth-order valence-electron chi connectivity index (χ4n) is 1.90. The average molecular weight is 311 g/mol. The maximum absolute atomic E-state index is 13.8. The van der Waals surface area contributed by atoms with Gasteiger partial charge in [0, 0.05) is 19.0 Å². The molecular weight excluding hydrogens is 299 g/mol. The minimum Gasteiger partial charge on any atom is -0.479 e. The van der Waals surface area contributed by atoms with Gasteiger partial charge in [-0.1, -0.05) is 17.5 Å². The Morgan fingerprint density at radius 1 is 1.57 bits per heavy atom. The molecule has 1 heterocycles. The first-order chi connectivity index (χ1) is 10.0. The predicted octanol–water partition coefficient (Wildman–Crippen LogP) is 2.65. The monoisotopic (exact) mass is 310 g/mol. The molecule has 1 saturated heterocycles. The quantitative estimate of drug-likeness (QED) is 0.873. The average Bonchev–Trinajstić information content (AvgIpc) is 2.86. The van der Waals surface area contributed by atoms with Gasteiger partial charge in [-0.15, -0.1) is 6.42 Å². The van der Waals surface area contributed by atoms with Crippen LogP contribution >= 0.6 is 11.6 Å². The highest BCUT2D eigenvalue weighted by molar-refractivity contribution is 6.32. The molecule has 0 spiro atoms. The lowest BCUT2D eigenvalue weighted by molar-refractivity contribution is -0.125. The molecule has 5 nitrogen and oxygen atoms in total. The Labute approximate surface area is 126 Å². The second-order valence-electron chi connectivity index (χ2n) is 4.33. The van der Waals surface area contributed by atoms with Crippen molar-refractivity contribution in [2.75, 3.05) is 18.5 Å². The van der Waals surface area contributed by atoms with E-state index in [2.05, 4.69) is 11.2 Å². The van der Waals surface area contributed by atoms with Crippen molar-refractivity contribution in [3.63, 3.8) is 0 Å². The Morgan fingerprint density at radius 3 is 2.95 bits per heavy atom. The number of nitrogens with one attached hydrogen (secondary N) is 1. The lowest BCUT2D eigenvalue weighted by Crippen LogP contribution is -2.35. The minimum absolute atomic E-state index is 0.0383. The summed E-state index contributed by atoms with van der Waals surface area (Å²) in [6.45, 7) is 0.281. The number of likely N-dealkylation sites (tertiary alicyclic amines) is 1. The van der Waals surface area contributed by atoms with Crippen molar-refractivity contribution in [2.45, 2.75) is 12.8 Å². The number of anilines is 1. The second kappa shape index (κ2) is 6.46. The summed E-state index contributed by atoms with van der Waals surface area (Å²) < 4.78 is 18.9. The molecule has 0 aliphatic carbocycles. The maximum Gasteiger partial charge on any atom is 0.328 e. The number of nitrogens with zero attached hydrogens (tertiary/aromatic N) is 1. The molecule has 21 heavy (non-hydrogen) atoms. The van der Waals surface area contributed by atoms with E-state index in [9.17, 15) is 14.0 Å². The van der Waals surface area contributed by atoms with Crippen LogP contribution in [0.2, 0.25) is 5.02 Å². The third-order valence-corrected chi connectivity index (χ3v) is 3.19. The van der Waals surface area contributed by atoms with Crippen molar-refractivity contribution in [3.05, 3.63) is 23.0 Å². The van der Waals surface area contributed by atoms with Crippen LogP contribution in [0.5, 0.6) is 5.75 Å². The highest BCUT2D eigenvalue weighted by Gasteiger charge is 2.27. The standard InChI is InChI=1S/C14H12ClFN2O3/c1-2-6-21-12-8-11(10(16)7-9(12)15)17-14(20)18-5-3-4-13(18)19/h1,7-8H,3-6H2,(H,17,20). The molecule has 110 valence electrons. The number of rotatable bonds is 3. The summed E-state index contributed by atoms with van der Waals surface area (Å²) in [5, 5.41) is 2.37. The molecule has 1 aromatic rings. The number of imide groups is 1. The van der Waals surface area contributed by atoms with Crippen LogP contribution in [0, 0.1) is 18.2 Å². The first-order valence-electron chi connectivity index (χ1n) is 6.19. The molecule has 1 aromatic carbocycles. The number of amides is 3. The topological polar surface area (TPSA) is 58.6 Å². The van der Waals surface area contributed by atoms with Crippen LogP contribution in [0.4, 0.5) is 14.9 Å². The van der Waals surface area contributed by atoms with Crippen molar-refractivity contribution in [2.24, 2.45) is 0 Å². The Hall–Kier alpha value is -2.26. The van der Waals surface area contributed by atoms with Gasteiger partial charge in [0.1, 0.15) is 18.2 Å². The van der Waals surface area contributed by atoms with Crippen LogP contribution in [-0.2, 0) is 4.79 Å². The molecule has 2 rings (SSSR count). The molecule has 0 saturated carbocycles. The van der Waals surface area contributed by atoms with Crippen LogP contribution < -0.4 is 10.1 Å². The normalized spacial score (nSPS) is 14.0. The largest absolute Gasteiger partial charge is 0.479 e. The number of hydrogen-bond donors (Lipinski definition) is 1. The van der Waals surface area contributed by atoms with Crippen LogP contribution in [0.15, 0.2) is 12.1 Å². The van der Waals surface area contributed by atoms with E-state index in [0.717, 1.165) is 11.0 Å². The van der Waals surface area contributed by atoms with Crippen LogP contribution in [-0.4, -0.2) is 30.0 Å². The third kappa shape index (κ3) is 3.44. The summed E-state index contributed by atoms with van der Waals surface area (Å²) in [5.74, 6) is 1.39. The lowest BCUT2D eigenvalue weighted by Gasteiger charge is -2.16. The first kappa shape index (κ1) is 15.1. The molecule has 7 heteroatoms. The fourth-order valence-corrected chi connectivity index (χ4v) is 2.11. The Morgan fingerprint density at radius 2 is 2.33 bits per heavy atom. The number of terminal acetylenes is 1. The molecule has 1 aliphatic rings. The van der Waals surface area contributed by atoms with Gasteiger partial charge in [0.25, 0.3) is 0 Å². The van der Waals surface area contributed by atoms with Gasteiger partial charge in [0.2, 0.25) is 5.91 Å². The van der Waals surface area contributed by atoms with Crippen molar-refractivity contribution < 1.29 is 18.7 Å². The van der Waals surface area contributed by atoms with E-state index in [4.69, 9.17) is 22.8 Å². The van der Waals surface area contributed by atoms with Crippen molar-refractivity contribution in [1.82, 2.24) is 4.90 Å². The van der Waals surface area contributed by atoms with E-state index in [1.165, 1.54) is 6.07 Å². The second-order valence-corrected chi connectivity index (χ2v) is 4.74. The van der Waals surface area contributed by atoms with Gasteiger partial charge in [-0.2, -0.15) is 0 Å². The summed E-state index contributed by atoms with van der Waals surface area (Å²) in [6.07, 6.45) is 5.98. The summed E-state index contributed by atoms with van der Waals surface area (Å²) >= 11 is 5.81. The molecule has 1 aliphatic heterocycles. The Bertz CT molecular complexity index is 627. The minimum atomic E-state index is -0.729. The summed E-state index contributed by atoms with van der Waals surface area (Å²) in [7, 11) is 0. The van der Waals surface area contributed by atoms with E-state index in [-0.39, 0.29) is 29.0 Å². The number of benzene rings is 1. The molecule has 1 fully saturated rings. The zero-order chi connectivity index (χ0) is 15.4. The van der Waals surface area contributed by atoms with Crippen molar-refractivity contribution >= 4 is 29.2 Å². The summed E-state index contributed by atoms with van der Waals surface area (Å²) in [5.41, 5.74) is -0.129. The highest BCUT2D eigenvalue weighted by Crippen LogP contribution is 2.30. The van der Waals surface area contributed by atoms with Gasteiger partial charge < -0.3 is 10.1 Å². The third-order valence-electron chi connectivity index (χ3n) is 2.89. The van der Waals surface area contributed by atoms with Crippen LogP contribution in [0.1, 0.15) is 12.8 Å². The smallest absolute Gasteiger partial charge is 0.328 e. The molecule has 1 N–H and O–H groups in total.